The molecule has 2 nitrogen and oxygen atoms in total. The highest BCUT2D eigenvalue weighted by Gasteiger charge is 2.22. The minimum Gasteiger partial charge on any atom is -0.393 e. The number of rotatable bonds is 5. The van der Waals surface area contributed by atoms with E-state index in [1.807, 2.05) is 6.92 Å². The largest absolute Gasteiger partial charge is 0.393 e. The highest BCUT2D eigenvalue weighted by atomic mass is 16.3. The van der Waals surface area contributed by atoms with Gasteiger partial charge in [-0.1, -0.05) is 24.6 Å². The smallest absolute Gasteiger partial charge is 0.0512 e. The molecule has 0 radical (unpaired) electrons. The fourth-order valence-electron chi connectivity index (χ4n) is 3.17. The molecule has 1 aliphatic heterocycles. The van der Waals surface area contributed by atoms with Gasteiger partial charge < -0.3 is 5.11 Å². The van der Waals surface area contributed by atoms with Crippen molar-refractivity contribution in [3.05, 3.63) is 34.9 Å². The first kappa shape index (κ1) is 15.5. The molecule has 0 spiro atoms. The summed E-state index contributed by atoms with van der Waals surface area (Å²) in [6.45, 7) is 8.53. The molecule has 0 aliphatic carbocycles. The first-order valence-corrected chi connectivity index (χ1v) is 8.04. The van der Waals surface area contributed by atoms with E-state index in [1.165, 1.54) is 42.5 Å². The molecule has 2 atom stereocenters. The van der Waals surface area contributed by atoms with Gasteiger partial charge in [-0.2, -0.15) is 0 Å². The van der Waals surface area contributed by atoms with Crippen LogP contribution >= 0.6 is 0 Å². The van der Waals surface area contributed by atoms with Crippen LogP contribution in [0.2, 0.25) is 0 Å². The number of aliphatic hydroxyl groups is 1. The van der Waals surface area contributed by atoms with Crippen LogP contribution in [0, 0.1) is 13.8 Å². The van der Waals surface area contributed by atoms with E-state index in [1.54, 1.807) is 0 Å². The summed E-state index contributed by atoms with van der Waals surface area (Å²) in [4.78, 5) is 2.62. The number of piperidine rings is 1. The molecule has 1 heterocycles. The Morgan fingerprint density at radius 3 is 2.75 bits per heavy atom. The molecule has 112 valence electrons. The Balaban J connectivity index is 1.98. The number of hydrogen-bond acceptors (Lipinski definition) is 2. The molecule has 2 heteroatoms. The maximum absolute atomic E-state index is 9.51. The van der Waals surface area contributed by atoms with E-state index >= 15 is 0 Å². The molecule has 1 fully saturated rings. The van der Waals surface area contributed by atoms with Gasteiger partial charge in [0.1, 0.15) is 0 Å². The molecule has 0 amide bonds. The van der Waals surface area contributed by atoms with Crippen molar-refractivity contribution in [2.75, 3.05) is 6.54 Å². The fourth-order valence-corrected chi connectivity index (χ4v) is 3.17. The molecule has 1 N–H and O–H groups in total. The molecule has 1 saturated heterocycles. The predicted molar refractivity (Wildman–Crippen MR) is 84.9 cm³/mol. The van der Waals surface area contributed by atoms with Crippen LogP contribution in [-0.4, -0.2) is 28.7 Å². The molecule has 0 aromatic heterocycles. The Hall–Kier alpha value is -0.860. The van der Waals surface area contributed by atoms with Crippen LogP contribution in [-0.2, 0) is 6.54 Å². The molecule has 2 rings (SSSR count). The van der Waals surface area contributed by atoms with Gasteiger partial charge in [0.2, 0.25) is 0 Å². The summed E-state index contributed by atoms with van der Waals surface area (Å²) in [6, 6.07) is 7.48. The van der Waals surface area contributed by atoms with Crippen molar-refractivity contribution in [2.45, 2.75) is 71.6 Å². The van der Waals surface area contributed by atoms with Crippen molar-refractivity contribution >= 4 is 0 Å². The minimum atomic E-state index is -0.166. The van der Waals surface area contributed by atoms with Crippen LogP contribution < -0.4 is 0 Å². The van der Waals surface area contributed by atoms with E-state index in [4.69, 9.17) is 0 Å². The number of nitrogens with zero attached hydrogens (tertiary/aromatic N) is 1. The van der Waals surface area contributed by atoms with Gasteiger partial charge in [-0.15, -0.1) is 0 Å². The predicted octanol–water partition coefficient (Wildman–Crippen LogP) is 3.82. The van der Waals surface area contributed by atoms with Gasteiger partial charge in [0, 0.05) is 12.6 Å². The lowest BCUT2D eigenvalue weighted by atomic mass is 9.95. The first-order valence-electron chi connectivity index (χ1n) is 8.04. The maximum atomic E-state index is 9.51. The summed E-state index contributed by atoms with van der Waals surface area (Å²) in [5.74, 6) is 0. The maximum Gasteiger partial charge on any atom is 0.0512 e. The number of likely N-dealkylation sites (tertiary alicyclic amines) is 1. The number of hydrogen-bond donors (Lipinski definition) is 1. The zero-order valence-electron chi connectivity index (χ0n) is 13.2. The van der Waals surface area contributed by atoms with Crippen LogP contribution in [0.1, 0.15) is 55.7 Å². The van der Waals surface area contributed by atoms with Crippen LogP contribution in [0.5, 0.6) is 0 Å². The van der Waals surface area contributed by atoms with Crippen molar-refractivity contribution in [3.8, 4) is 0 Å². The molecule has 20 heavy (non-hydrogen) atoms. The van der Waals surface area contributed by atoms with Crippen LogP contribution in [0.4, 0.5) is 0 Å². The van der Waals surface area contributed by atoms with Gasteiger partial charge in [0.15, 0.2) is 0 Å². The van der Waals surface area contributed by atoms with Gasteiger partial charge in [0.05, 0.1) is 6.10 Å². The Labute approximate surface area is 123 Å². The molecule has 0 bridgehead atoms. The fraction of sp³-hybridized carbons (Fsp3) is 0.667. The quantitative estimate of drug-likeness (QED) is 0.883. The third-order valence-corrected chi connectivity index (χ3v) is 4.62. The van der Waals surface area contributed by atoms with Crippen molar-refractivity contribution in [3.63, 3.8) is 0 Å². The monoisotopic (exact) mass is 275 g/mol. The molecule has 1 aliphatic rings. The van der Waals surface area contributed by atoms with Gasteiger partial charge in [-0.25, -0.2) is 0 Å². The van der Waals surface area contributed by atoms with Gasteiger partial charge in [-0.3, -0.25) is 4.90 Å². The number of aryl methyl sites for hydroxylation is 2. The summed E-state index contributed by atoms with van der Waals surface area (Å²) < 4.78 is 0. The normalized spacial score (nSPS) is 21.9. The molecule has 0 saturated carbocycles. The van der Waals surface area contributed by atoms with Crippen molar-refractivity contribution in [2.24, 2.45) is 0 Å². The van der Waals surface area contributed by atoms with E-state index < -0.39 is 0 Å². The molecule has 1 aromatic rings. The lowest BCUT2D eigenvalue weighted by molar-refractivity contribution is 0.108. The average molecular weight is 275 g/mol. The zero-order valence-corrected chi connectivity index (χ0v) is 13.2. The van der Waals surface area contributed by atoms with Crippen LogP contribution in [0.25, 0.3) is 0 Å². The summed E-state index contributed by atoms with van der Waals surface area (Å²) in [5.41, 5.74) is 4.19. The lowest BCUT2D eigenvalue weighted by Crippen LogP contribution is -2.39. The second kappa shape index (κ2) is 7.24. The highest BCUT2D eigenvalue weighted by molar-refractivity contribution is 5.29. The Bertz CT molecular complexity index is 427. The van der Waals surface area contributed by atoms with E-state index in [-0.39, 0.29) is 6.10 Å². The van der Waals surface area contributed by atoms with E-state index in [9.17, 15) is 5.11 Å². The van der Waals surface area contributed by atoms with Gasteiger partial charge >= 0.3 is 0 Å². The second-order valence-corrected chi connectivity index (χ2v) is 6.47. The van der Waals surface area contributed by atoms with E-state index in [0.29, 0.717) is 6.04 Å². The highest BCUT2D eigenvalue weighted by Crippen LogP contribution is 2.24. The molecule has 1 aromatic carbocycles. The molecular formula is C18H29NO. The Morgan fingerprint density at radius 1 is 1.25 bits per heavy atom. The lowest BCUT2D eigenvalue weighted by Gasteiger charge is -2.36. The van der Waals surface area contributed by atoms with Gasteiger partial charge in [-0.05, 0) is 69.7 Å². The van der Waals surface area contributed by atoms with Crippen molar-refractivity contribution < 1.29 is 5.11 Å². The summed E-state index contributed by atoms with van der Waals surface area (Å²) in [5, 5.41) is 9.51. The third-order valence-electron chi connectivity index (χ3n) is 4.62. The standard InChI is InChI=1S/C18H29NO/c1-14-7-9-17(12-15(14)2)13-19-11-5-4-6-18(19)10-8-16(3)20/h7,9,12,16,18,20H,4-6,8,10-11,13H2,1-3H3. The number of benzene rings is 1. The van der Waals surface area contributed by atoms with Crippen LogP contribution in [0.15, 0.2) is 18.2 Å². The summed E-state index contributed by atoms with van der Waals surface area (Å²) in [6.07, 6.45) is 5.83. The second-order valence-electron chi connectivity index (χ2n) is 6.47. The first-order chi connectivity index (χ1) is 9.56. The Morgan fingerprint density at radius 2 is 2.05 bits per heavy atom. The summed E-state index contributed by atoms with van der Waals surface area (Å²) in [7, 11) is 0. The van der Waals surface area contributed by atoms with E-state index in [2.05, 4.69) is 36.9 Å². The molecule has 2 unspecified atom stereocenters. The Kier molecular flexibility index (Phi) is 5.62. The van der Waals surface area contributed by atoms with Crippen molar-refractivity contribution in [1.29, 1.82) is 0 Å². The average Bonchev–Trinajstić information content (AvgIpc) is 2.42. The number of aliphatic hydroxyl groups excluding tert-OH is 1. The van der Waals surface area contributed by atoms with Gasteiger partial charge in [0.25, 0.3) is 0 Å². The van der Waals surface area contributed by atoms with Crippen molar-refractivity contribution in [1.82, 2.24) is 4.90 Å². The minimum absolute atomic E-state index is 0.166. The zero-order chi connectivity index (χ0) is 14.5. The topological polar surface area (TPSA) is 23.5 Å². The van der Waals surface area contributed by atoms with Crippen LogP contribution in [0.3, 0.4) is 0 Å². The van der Waals surface area contributed by atoms with E-state index in [0.717, 1.165) is 19.4 Å². The third kappa shape index (κ3) is 4.32. The summed E-state index contributed by atoms with van der Waals surface area (Å²) >= 11 is 0. The SMILES string of the molecule is Cc1ccc(CN2CCCCC2CCC(C)O)cc1C. The molecular weight excluding hydrogens is 246 g/mol.